The Hall–Kier alpha value is -2.57. The van der Waals surface area contributed by atoms with Crippen molar-refractivity contribution < 1.29 is 27.1 Å². The average molecular weight is 353 g/mol. The lowest BCUT2D eigenvalue weighted by Crippen LogP contribution is -2.18. The third-order valence-corrected chi connectivity index (χ3v) is 4.38. The van der Waals surface area contributed by atoms with Crippen LogP contribution in [0.3, 0.4) is 0 Å². The molecule has 2 N–H and O–H groups in total. The van der Waals surface area contributed by atoms with Crippen LogP contribution in [0.4, 0.5) is 17.6 Å². The third kappa shape index (κ3) is 3.06. The highest BCUT2D eigenvalue weighted by Gasteiger charge is 2.35. The van der Waals surface area contributed by atoms with Gasteiger partial charge in [0.1, 0.15) is 17.3 Å². The van der Waals surface area contributed by atoms with Gasteiger partial charge in [0.25, 0.3) is 5.91 Å². The van der Waals surface area contributed by atoms with E-state index in [2.05, 4.69) is 0 Å². The summed E-state index contributed by atoms with van der Waals surface area (Å²) in [4.78, 5) is 11.7. The fourth-order valence-corrected chi connectivity index (χ4v) is 3.23. The van der Waals surface area contributed by atoms with Crippen LogP contribution in [0.2, 0.25) is 0 Å². The molecule has 1 aliphatic carbocycles. The molecule has 3 nitrogen and oxygen atoms in total. The first-order chi connectivity index (χ1) is 11.7. The molecule has 0 spiro atoms. The molecule has 1 amide bonds. The summed E-state index contributed by atoms with van der Waals surface area (Å²) in [6, 6.07) is 4.58. The highest BCUT2D eigenvalue weighted by atomic mass is 19.4. The Morgan fingerprint density at radius 2 is 1.72 bits per heavy atom. The third-order valence-electron chi connectivity index (χ3n) is 4.38. The van der Waals surface area contributed by atoms with Gasteiger partial charge in [-0.25, -0.2) is 4.39 Å². The molecule has 0 aliphatic heterocycles. The second-order valence-electron chi connectivity index (χ2n) is 5.93. The van der Waals surface area contributed by atoms with E-state index < -0.39 is 17.6 Å². The van der Waals surface area contributed by atoms with Crippen molar-refractivity contribution in [1.82, 2.24) is 0 Å². The predicted octanol–water partition coefficient (Wildman–Crippen LogP) is 4.53. The van der Waals surface area contributed by atoms with Gasteiger partial charge in [0.2, 0.25) is 0 Å². The maximum atomic E-state index is 13.8. The van der Waals surface area contributed by atoms with E-state index in [1.165, 1.54) is 19.1 Å². The van der Waals surface area contributed by atoms with Crippen LogP contribution in [0.5, 0.6) is 11.5 Å². The number of carbonyl (C=O) groups excluding carboxylic acids is 1. The Morgan fingerprint density at radius 3 is 2.36 bits per heavy atom. The van der Waals surface area contributed by atoms with E-state index >= 15 is 0 Å². The molecular formula is C18H15F4NO2. The lowest BCUT2D eigenvalue weighted by atomic mass is 10.00. The molecule has 0 aromatic heterocycles. The standard InChI is InChI=1S/C18H15F4NO2/c1-9-12(18(20,21)22)5-7-15(16(9)17(23)24)25-14-8-6-13(19)10-3-2-4-11(10)14/h5-8H,2-4H2,1H3,(H2,23,24). The van der Waals surface area contributed by atoms with Gasteiger partial charge in [-0.1, -0.05) is 0 Å². The number of benzene rings is 2. The summed E-state index contributed by atoms with van der Waals surface area (Å²) >= 11 is 0. The highest BCUT2D eigenvalue weighted by Crippen LogP contribution is 2.40. The SMILES string of the molecule is Cc1c(C(F)(F)F)ccc(Oc2ccc(F)c3c2CCC3)c1C(N)=O. The number of fused-ring (bicyclic) bond motifs is 1. The van der Waals surface area contributed by atoms with E-state index in [4.69, 9.17) is 10.5 Å². The van der Waals surface area contributed by atoms with Gasteiger partial charge in [-0.2, -0.15) is 13.2 Å². The summed E-state index contributed by atoms with van der Waals surface area (Å²) in [5, 5.41) is 0. The summed E-state index contributed by atoms with van der Waals surface area (Å²) < 4.78 is 58.6. The second kappa shape index (κ2) is 6.06. The van der Waals surface area contributed by atoms with E-state index in [9.17, 15) is 22.4 Å². The molecule has 132 valence electrons. The molecule has 7 heteroatoms. The summed E-state index contributed by atoms with van der Waals surface area (Å²) in [6.07, 6.45) is -2.66. The number of hydrogen-bond donors (Lipinski definition) is 1. The molecule has 25 heavy (non-hydrogen) atoms. The normalized spacial score (nSPS) is 13.6. The van der Waals surface area contributed by atoms with Crippen LogP contribution in [-0.4, -0.2) is 5.91 Å². The summed E-state index contributed by atoms with van der Waals surface area (Å²) in [6.45, 7) is 1.17. The van der Waals surface area contributed by atoms with Gasteiger partial charge in [-0.15, -0.1) is 0 Å². The maximum Gasteiger partial charge on any atom is 0.416 e. The second-order valence-corrected chi connectivity index (χ2v) is 5.93. The number of alkyl halides is 3. The van der Waals surface area contributed by atoms with Gasteiger partial charge in [0.05, 0.1) is 11.1 Å². The minimum atomic E-state index is -4.61. The molecule has 1 aliphatic rings. The number of ether oxygens (including phenoxy) is 1. The number of nitrogens with two attached hydrogens (primary N) is 1. The van der Waals surface area contributed by atoms with Crippen LogP contribution in [0.1, 0.15) is 39.0 Å². The Kier molecular flexibility index (Phi) is 4.18. The first kappa shape index (κ1) is 17.3. The number of carbonyl (C=O) groups is 1. The molecule has 0 radical (unpaired) electrons. The van der Waals surface area contributed by atoms with E-state index in [1.54, 1.807) is 0 Å². The van der Waals surface area contributed by atoms with Crippen LogP contribution in [0.25, 0.3) is 0 Å². The van der Waals surface area contributed by atoms with Crippen molar-refractivity contribution in [3.63, 3.8) is 0 Å². The topological polar surface area (TPSA) is 52.3 Å². The first-order valence-electron chi connectivity index (χ1n) is 7.69. The zero-order valence-electron chi connectivity index (χ0n) is 13.3. The van der Waals surface area contributed by atoms with E-state index in [1.807, 2.05) is 0 Å². The van der Waals surface area contributed by atoms with Gasteiger partial charge in [0.15, 0.2) is 0 Å². The molecule has 0 heterocycles. The van der Waals surface area contributed by atoms with Gasteiger partial charge >= 0.3 is 6.18 Å². The van der Waals surface area contributed by atoms with Crippen molar-refractivity contribution >= 4 is 5.91 Å². The van der Waals surface area contributed by atoms with Crippen molar-refractivity contribution in [2.75, 3.05) is 0 Å². The van der Waals surface area contributed by atoms with Crippen molar-refractivity contribution in [3.8, 4) is 11.5 Å². The molecule has 0 unspecified atom stereocenters. The fourth-order valence-electron chi connectivity index (χ4n) is 3.23. The van der Waals surface area contributed by atoms with Crippen LogP contribution in [0.15, 0.2) is 24.3 Å². The molecule has 2 aromatic carbocycles. The minimum absolute atomic E-state index is 0.0706. The van der Waals surface area contributed by atoms with Gasteiger partial charge in [-0.05, 0) is 61.6 Å². The number of hydrogen-bond acceptors (Lipinski definition) is 2. The van der Waals surface area contributed by atoms with Crippen LogP contribution < -0.4 is 10.5 Å². The molecule has 0 fully saturated rings. The van der Waals surface area contributed by atoms with Crippen molar-refractivity contribution in [2.24, 2.45) is 5.73 Å². The Labute approximate surface area is 141 Å². The summed E-state index contributed by atoms with van der Waals surface area (Å²) in [5.41, 5.74) is 4.92. The molecular weight excluding hydrogens is 338 g/mol. The van der Waals surface area contributed by atoms with E-state index in [0.717, 1.165) is 18.6 Å². The highest BCUT2D eigenvalue weighted by molar-refractivity contribution is 5.97. The Balaban J connectivity index is 2.09. The molecule has 0 saturated carbocycles. The molecule has 3 rings (SSSR count). The number of amides is 1. The summed E-state index contributed by atoms with van der Waals surface area (Å²) in [7, 11) is 0. The zero-order valence-corrected chi connectivity index (χ0v) is 13.3. The minimum Gasteiger partial charge on any atom is -0.456 e. The van der Waals surface area contributed by atoms with Gasteiger partial charge < -0.3 is 10.5 Å². The Bertz CT molecular complexity index is 859. The average Bonchev–Trinajstić information content (AvgIpc) is 2.99. The van der Waals surface area contributed by atoms with Gasteiger partial charge in [-0.3, -0.25) is 4.79 Å². The van der Waals surface area contributed by atoms with Gasteiger partial charge in [0, 0.05) is 5.56 Å². The zero-order chi connectivity index (χ0) is 18.4. The predicted molar refractivity (Wildman–Crippen MR) is 83.2 cm³/mol. The fraction of sp³-hybridized carbons (Fsp3) is 0.278. The van der Waals surface area contributed by atoms with Crippen LogP contribution >= 0.6 is 0 Å². The van der Waals surface area contributed by atoms with Crippen LogP contribution in [0, 0.1) is 12.7 Å². The quantitative estimate of drug-likeness (QED) is 0.824. The van der Waals surface area contributed by atoms with Crippen molar-refractivity contribution in [1.29, 1.82) is 0 Å². The molecule has 2 aromatic rings. The van der Waals surface area contributed by atoms with E-state index in [0.29, 0.717) is 29.7 Å². The smallest absolute Gasteiger partial charge is 0.416 e. The lowest BCUT2D eigenvalue weighted by molar-refractivity contribution is -0.138. The summed E-state index contributed by atoms with van der Waals surface area (Å²) in [5.74, 6) is -1.09. The Morgan fingerprint density at radius 1 is 1.08 bits per heavy atom. The molecule has 0 saturated heterocycles. The number of primary amides is 1. The monoisotopic (exact) mass is 353 g/mol. The van der Waals surface area contributed by atoms with Crippen LogP contribution in [-0.2, 0) is 19.0 Å². The first-order valence-corrected chi connectivity index (χ1v) is 7.69. The lowest BCUT2D eigenvalue weighted by Gasteiger charge is -2.18. The number of rotatable bonds is 3. The largest absolute Gasteiger partial charge is 0.456 e. The number of halogens is 4. The molecule has 0 bridgehead atoms. The van der Waals surface area contributed by atoms with E-state index in [-0.39, 0.29) is 22.7 Å². The maximum absolute atomic E-state index is 13.8. The van der Waals surface area contributed by atoms with Crippen molar-refractivity contribution in [2.45, 2.75) is 32.4 Å². The molecule has 0 atom stereocenters. The van der Waals surface area contributed by atoms with Crippen molar-refractivity contribution in [3.05, 3.63) is 57.9 Å².